The number of ketones is 1. The predicted octanol–water partition coefficient (Wildman–Crippen LogP) is 4.29. The zero-order valence-electron chi connectivity index (χ0n) is 31.1. The maximum absolute atomic E-state index is 14.6. The van der Waals surface area contributed by atoms with Gasteiger partial charge in [0.2, 0.25) is 35.3 Å². The van der Waals surface area contributed by atoms with Crippen molar-refractivity contribution in [1.82, 2.24) is 35.8 Å². The number of hydrogen-bond donors (Lipinski definition) is 5. The largest absolute Gasteiger partial charge is 0.472 e. The van der Waals surface area contributed by atoms with Crippen molar-refractivity contribution in [2.75, 3.05) is 11.9 Å². The summed E-state index contributed by atoms with van der Waals surface area (Å²) >= 11 is 6.03. The SMILES string of the molecule is CCC[C@@H](NC(=O)C1C[C@@H](Oc2ccc(Cl)cn2)CN1C(=O)C(NC(=O)C(Nc1nc2ccccc2[nH]1)C1CCCCC1)C(C)C)C(=O)C(=O)NC1CC1. The van der Waals surface area contributed by atoms with E-state index in [0.717, 1.165) is 56.0 Å². The lowest BCUT2D eigenvalue weighted by atomic mass is 9.83. The highest BCUT2D eigenvalue weighted by Crippen LogP contribution is 2.30. The summed E-state index contributed by atoms with van der Waals surface area (Å²) in [5, 5.41) is 12.3. The number of rotatable bonds is 16. The van der Waals surface area contributed by atoms with Gasteiger partial charge in [-0.1, -0.05) is 70.2 Å². The minimum Gasteiger partial charge on any atom is -0.472 e. The van der Waals surface area contributed by atoms with Gasteiger partial charge in [-0.05, 0) is 62.1 Å². The van der Waals surface area contributed by atoms with Gasteiger partial charge in [-0.3, -0.25) is 24.0 Å². The minimum absolute atomic E-state index is 0.0171. The lowest BCUT2D eigenvalue weighted by Crippen LogP contribution is -2.59. The van der Waals surface area contributed by atoms with Gasteiger partial charge in [-0.15, -0.1) is 0 Å². The number of Topliss-reactive ketones (excluding diaryl/α,β-unsaturated/α-hetero) is 1. The number of benzene rings is 1. The van der Waals surface area contributed by atoms with Gasteiger partial charge in [-0.2, -0.15) is 0 Å². The van der Waals surface area contributed by atoms with Gasteiger partial charge in [0.15, 0.2) is 0 Å². The van der Waals surface area contributed by atoms with Crippen LogP contribution in [-0.4, -0.2) is 92.1 Å². The number of nitrogens with one attached hydrogen (secondary N) is 5. The van der Waals surface area contributed by atoms with E-state index in [1.165, 1.54) is 11.1 Å². The quantitative estimate of drug-likeness (QED) is 0.133. The average Bonchev–Trinajstić information content (AvgIpc) is 3.72. The number of para-hydroxylation sites is 2. The van der Waals surface area contributed by atoms with E-state index in [0.29, 0.717) is 17.4 Å². The Morgan fingerprint density at radius 3 is 2.43 bits per heavy atom. The topological polar surface area (TPSA) is 188 Å². The fraction of sp³-hybridized carbons (Fsp3) is 0.564. The summed E-state index contributed by atoms with van der Waals surface area (Å²) in [6, 6.07) is 7.10. The number of pyridine rings is 1. The van der Waals surface area contributed by atoms with Crippen LogP contribution in [0.15, 0.2) is 42.6 Å². The number of amides is 4. The molecule has 0 bridgehead atoms. The number of ether oxygens (including phenoxy) is 1. The molecule has 1 saturated heterocycles. The number of anilines is 1. The molecule has 3 unspecified atom stereocenters. The first-order valence-corrected chi connectivity index (χ1v) is 19.6. The summed E-state index contributed by atoms with van der Waals surface area (Å²) in [6.45, 7) is 5.57. The van der Waals surface area contributed by atoms with Crippen molar-refractivity contribution in [2.45, 2.75) is 121 Å². The highest BCUT2D eigenvalue weighted by Gasteiger charge is 2.45. The molecule has 1 aromatic carbocycles. The molecule has 4 amide bonds. The number of fused-ring (bicyclic) bond motifs is 1. The Kier molecular flexibility index (Phi) is 12.7. The van der Waals surface area contributed by atoms with E-state index < -0.39 is 53.8 Å². The monoisotopic (exact) mass is 762 g/mol. The van der Waals surface area contributed by atoms with Crippen LogP contribution in [0.3, 0.4) is 0 Å². The van der Waals surface area contributed by atoms with Crippen LogP contribution >= 0.6 is 11.6 Å². The second kappa shape index (κ2) is 17.6. The number of hydrogen-bond acceptors (Lipinski definition) is 9. The molecule has 6 rings (SSSR count). The van der Waals surface area contributed by atoms with Crippen LogP contribution in [0.5, 0.6) is 5.88 Å². The first-order chi connectivity index (χ1) is 26.0. The number of halogens is 1. The molecule has 14 nitrogen and oxygen atoms in total. The van der Waals surface area contributed by atoms with Crippen LogP contribution < -0.4 is 26.0 Å². The molecule has 5 atom stereocenters. The van der Waals surface area contributed by atoms with Gasteiger partial charge in [0.25, 0.3) is 5.91 Å². The number of H-pyrrole nitrogens is 1. The molecule has 3 fully saturated rings. The molecule has 2 saturated carbocycles. The molecule has 0 radical (unpaired) electrons. The Balaban J connectivity index is 1.22. The molecule has 0 spiro atoms. The lowest BCUT2D eigenvalue weighted by Gasteiger charge is -2.34. The molecule has 1 aliphatic heterocycles. The van der Waals surface area contributed by atoms with Gasteiger partial charge < -0.3 is 35.9 Å². The zero-order valence-corrected chi connectivity index (χ0v) is 31.9. The van der Waals surface area contributed by atoms with Crippen molar-refractivity contribution in [1.29, 1.82) is 0 Å². The zero-order chi connectivity index (χ0) is 38.4. The highest BCUT2D eigenvalue weighted by atomic mass is 35.5. The molecular weight excluding hydrogens is 712 g/mol. The predicted molar refractivity (Wildman–Crippen MR) is 204 cm³/mol. The van der Waals surface area contributed by atoms with E-state index in [4.69, 9.17) is 16.3 Å². The Labute approximate surface area is 320 Å². The molecular formula is C39H51ClN8O6. The third-order valence-electron chi connectivity index (χ3n) is 10.5. The Morgan fingerprint density at radius 2 is 1.76 bits per heavy atom. The number of aromatic amines is 1. The Morgan fingerprint density at radius 1 is 1.00 bits per heavy atom. The fourth-order valence-corrected chi connectivity index (χ4v) is 7.53. The van der Waals surface area contributed by atoms with Crippen LogP contribution in [0.25, 0.3) is 11.0 Å². The number of likely N-dealkylation sites (tertiary alicyclic amines) is 1. The van der Waals surface area contributed by atoms with Gasteiger partial charge in [-0.25, -0.2) is 9.97 Å². The van der Waals surface area contributed by atoms with Crippen LogP contribution in [0.2, 0.25) is 5.02 Å². The van der Waals surface area contributed by atoms with Crippen molar-refractivity contribution < 1.29 is 28.7 Å². The number of carbonyl (C=O) groups excluding carboxylic acids is 5. The molecule has 54 heavy (non-hydrogen) atoms. The third kappa shape index (κ3) is 9.68. The van der Waals surface area contributed by atoms with Gasteiger partial charge in [0.05, 0.1) is 28.6 Å². The second-order valence-electron chi connectivity index (χ2n) is 15.1. The smallest absolute Gasteiger partial charge is 0.289 e. The molecule has 2 aromatic heterocycles. The summed E-state index contributed by atoms with van der Waals surface area (Å²) < 4.78 is 6.13. The molecule has 3 heterocycles. The summed E-state index contributed by atoms with van der Waals surface area (Å²) in [4.78, 5) is 82.4. The van der Waals surface area contributed by atoms with Crippen LogP contribution in [0, 0.1) is 11.8 Å². The number of carbonyl (C=O) groups is 5. The normalized spacial score (nSPS) is 20.6. The summed E-state index contributed by atoms with van der Waals surface area (Å²) in [7, 11) is 0. The minimum atomic E-state index is -1.06. The maximum Gasteiger partial charge on any atom is 0.289 e. The lowest BCUT2D eigenvalue weighted by molar-refractivity contribution is -0.144. The van der Waals surface area contributed by atoms with Gasteiger partial charge in [0.1, 0.15) is 24.2 Å². The van der Waals surface area contributed by atoms with Crippen molar-refractivity contribution >= 4 is 58.0 Å². The van der Waals surface area contributed by atoms with Crippen LogP contribution in [0.1, 0.15) is 85.0 Å². The Bertz CT molecular complexity index is 1770. The highest BCUT2D eigenvalue weighted by molar-refractivity contribution is 6.38. The fourth-order valence-electron chi connectivity index (χ4n) is 7.41. The van der Waals surface area contributed by atoms with E-state index in [2.05, 4.69) is 36.2 Å². The molecule has 3 aliphatic rings. The van der Waals surface area contributed by atoms with Crippen molar-refractivity contribution in [3.05, 3.63) is 47.6 Å². The summed E-state index contributed by atoms with van der Waals surface area (Å²) in [5.74, 6) is -2.38. The number of nitrogens with zero attached hydrogens (tertiary/aromatic N) is 3. The van der Waals surface area contributed by atoms with Crippen LogP contribution in [0.4, 0.5) is 5.95 Å². The molecule has 2 aliphatic carbocycles. The number of imidazole rings is 1. The standard InChI is InChI=1S/C39H51ClN8O6/c1-4-10-29(34(49)37(52)42-25-16-17-25)43-35(50)30-19-26(54-31-18-15-24(40)20-41-31)21-48(30)38(53)32(22(2)3)46-36(51)33(23-11-6-5-7-12-23)47-39-44-27-13-8-9-14-28(27)45-39/h8-9,13-15,18,20,22-23,25-26,29-30,32-33H,4-7,10-12,16-17,19,21H2,1-3H3,(H,42,52)(H,43,50)(H,46,51)(H2,44,45,47)/t26-,29-,30?,32?,33?/m1/s1. The van der Waals surface area contributed by atoms with Crippen molar-refractivity contribution in [3.63, 3.8) is 0 Å². The average molecular weight is 763 g/mol. The van der Waals surface area contributed by atoms with E-state index >= 15 is 0 Å². The van der Waals surface area contributed by atoms with E-state index in [1.54, 1.807) is 12.1 Å². The van der Waals surface area contributed by atoms with E-state index in [-0.39, 0.29) is 49.1 Å². The molecule has 290 valence electrons. The molecule has 5 N–H and O–H groups in total. The Hall–Kier alpha value is -4.72. The molecule has 3 aromatic rings. The van der Waals surface area contributed by atoms with Crippen molar-refractivity contribution in [2.24, 2.45) is 11.8 Å². The third-order valence-corrected chi connectivity index (χ3v) is 10.7. The summed E-state index contributed by atoms with van der Waals surface area (Å²) in [5.41, 5.74) is 1.61. The van der Waals surface area contributed by atoms with E-state index in [1.807, 2.05) is 45.0 Å². The van der Waals surface area contributed by atoms with Crippen LogP contribution in [-0.2, 0) is 24.0 Å². The first kappa shape index (κ1) is 39.0. The maximum atomic E-state index is 14.6. The van der Waals surface area contributed by atoms with E-state index in [9.17, 15) is 24.0 Å². The molecule has 15 heteroatoms. The van der Waals surface area contributed by atoms with Crippen molar-refractivity contribution in [3.8, 4) is 5.88 Å². The first-order valence-electron chi connectivity index (χ1n) is 19.3. The van der Waals surface area contributed by atoms with Gasteiger partial charge >= 0.3 is 0 Å². The summed E-state index contributed by atoms with van der Waals surface area (Å²) in [6.07, 6.45) is 8.15. The second-order valence-corrected chi connectivity index (χ2v) is 15.5. The van der Waals surface area contributed by atoms with Gasteiger partial charge in [0, 0.05) is 24.7 Å². The number of aromatic nitrogens is 3.